The smallest absolute Gasteiger partial charge is 0.273 e. The first-order chi connectivity index (χ1) is 15.0. The minimum atomic E-state index is -0.448. The summed E-state index contributed by atoms with van der Waals surface area (Å²) in [7, 11) is 0. The second-order valence-electron chi connectivity index (χ2n) is 7.31. The molecule has 10 nitrogen and oxygen atoms in total. The van der Waals surface area contributed by atoms with Crippen LogP contribution in [0, 0.1) is 6.92 Å². The van der Waals surface area contributed by atoms with Gasteiger partial charge in [0.1, 0.15) is 0 Å². The number of aromatic nitrogens is 4. The average Bonchev–Trinajstić information content (AvgIpc) is 3.38. The van der Waals surface area contributed by atoms with Crippen molar-refractivity contribution in [3.05, 3.63) is 34.0 Å². The predicted molar refractivity (Wildman–Crippen MR) is 117 cm³/mol. The molecule has 0 aromatic carbocycles. The van der Waals surface area contributed by atoms with Crippen LogP contribution in [0.5, 0.6) is 0 Å². The normalized spacial score (nSPS) is 14.5. The van der Waals surface area contributed by atoms with Crippen LogP contribution in [0.1, 0.15) is 40.8 Å². The van der Waals surface area contributed by atoms with Crippen LogP contribution in [-0.2, 0) is 22.5 Å². The van der Waals surface area contributed by atoms with E-state index in [2.05, 4.69) is 31.2 Å². The third-order valence-corrected chi connectivity index (χ3v) is 5.93. The molecule has 1 fully saturated rings. The fourth-order valence-corrected chi connectivity index (χ4v) is 4.14. The minimum Gasteiger partial charge on any atom is -0.381 e. The molecule has 3 aromatic heterocycles. The SMILES string of the molecule is CCn1ncc2c(NC3CCOCC3)c(C(=O)NNC(=O)Cc3csc(C)n3)cnc21. The highest BCUT2D eigenvalue weighted by Gasteiger charge is 2.22. The van der Waals surface area contributed by atoms with E-state index in [1.807, 2.05) is 19.2 Å². The minimum absolute atomic E-state index is 0.0956. The number of carbonyl (C=O) groups is 2. The van der Waals surface area contributed by atoms with Gasteiger partial charge in [0.15, 0.2) is 5.65 Å². The number of hydrogen-bond donors (Lipinski definition) is 3. The van der Waals surface area contributed by atoms with E-state index in [0.717, 1.165) is 23.2 Å². The molecule has 4 rings (SSSR count). The fraction of sp³-hybridized carbons (Fsp3) is 0.450. The molecule has 1 saturated heterocycles. The number of hydrazine groups is 1. The number of hydrogen-bond acceptors (Lipinski definition) is 8. The summed E-state index contributed by atoms with van der Waals surface area (Å²) in [6.07, 6.45) is 5.02. The van der Waals surface area contributed by atoms with E-state index in [4.69, 9.17) is 4.74 Å². The monoisotopic (exact) mass is 443 g/mol. The van der Waals surface area contributed by atoms with Crippen LogP contribution in [0.2, 0.25) is 0 Å². The number of carbonyl (C=O) groups excluding carboxylic acids is 2. The van der Waals surface area contributed by atoms with Crippen LogP contribution in [-0.4, -0.2) is 50.8 Å². The molecule has 164 valence electrons. The Morgan fingerprint density at radius 1 is 1.26 bits per heavy atom. The number of nitrogens with one attached hydrogen (secondary N) is 3. The lowest BCUT2D eigenvalue weighted by Gasteiger charge is -2.25. The second kappa shape index (κ2) is 9.40. The summed E-state index contributed by atoms with van der Waals surface area (Å²) in [5, 5.41) is 11.3. The van der Waals surface area contributed by atoms with Gasteiger partial charge in [-0.15, -0.1) is 11.3 Å². The number of thiazole rings is 1. The van der Waals surface area contributed by atoms with Gasteiger partial charge in [0, 0.05) is 37.4 Å². The molecule has 3 aromatic rings. The summed E-state index contributed by atoms with van der Waals surface area (Å²) < 4.78 is 7.22. The number of rotatable bonds is 6. The van der Waals surface area contributed by atoms with Gasteiger partial charge in [0.05, 0.1) is 40.0 Å². The van der Waals surface area contributed by atoms with Gasteiger partial charge in [-0.3, -0.25) is 20.4 Å². The summed E-state index contributed by atoms with van der Waals surface area (Å²) >= 11 is 1.48. The van der Waals surface area contributed by atoms with Gasteiger partial charge in [-0.2, -0.15) is 5.10 Å². The van der Waals surface area contributed by atoms with E-state index in [1.54, 1.807) is 10.9 Å². The van der Waals surface area contributed by atoms with Crippen molar-refractivity contribution in [1.29, 1.82) is 0 Å². The van der Waals surface area contributed by atoms with Gasteiger partial charge in [-0.1, -0.05) is 0 Å². The molecule has 3 N–H and O–H groups in total. The largest absolute Gasteiger partial charge is 0.381 e. The molecule has 2 amide bonds. The first-order valence-electron chi connectivity index (χ1n) is 10.2. The Kier molecular flexibility index (Phi) is 6.42. The zero-order valence-electron chi connectivity index (χ0n) is 17.5. The number of pyridine rings is 1. The molecule has 0 bridgehead atoms. The Morgan fingerprint density at radius 3 is 2.77 bits per heavy atom. The van der Waals surface area contributed by atoms with Crippen molar-refractivity contribution >= 4 is 39.9 Å². The van der Waals surface area contributed by atoms with E-state index in [-0.39, 0.29) is 18.4 Å². The first kappa shape index (κ1) is 21.2. The summed E-state index contributed by atoms with van der Waals surface area (Å²) in [4.78, 5) is 33.8. The van der Waals surface area contributed by atoms with Crippen molar-refractivity contribution in [2.45, 2.75) is 45.7 Å². The van der Waals surface area contributed by atoms with Gasteiger partial charge in [-0.25, -0.2) is 14.6 Å². The molecular weight excluding hydrogens is 418 g/mol. The Hall–Kier alpha value is -3.05. The van der Waals surface area contributed by atoms with Gasteiger partial charge < -0.3 is 10.1 Å². The number of anilines is 1. The molecular formula is C20H25N7O3S. The van der Waals surface area contributed by atoms with E-state index in [9.17, 15) is 9.59 Å². The summed E-state index contributed by atoms with van der Waals surface area (Å²) in [5.41, 5.74) is 7.35. The summed E-state index contributed by atoms with van der Waals surface area (Å²) in [5.74, 6) is -0.790. The molecule has 0 spiro atoms. The third kappa shape index (κ3) is 4.83. The highest BCUT2D eigenvalue weighted by molar-refractivity contribution is 7.09. The molecule has 0 atom stereocenters. The standard InChI is InChI=1S/C20H25N7O3S/c1-3-27-19-15(10-22-27)18(24-13-4-6-30-7-5-13)16(9-21-19)20(29)26-25-17(28)8-14-11-31-12(2)23-14/h9-11,13H,3-8H2,1-2H3,(H,21,24)(H,25,28)(H,26,29). The lowest BCUT2D eigenvalue weighted by Crippen LogP contribution is -2.43. The molecule has 0 saturated carbocycles. The third-order valence-electron chi connectivity index (χ3n) is 5.10. The zero-order valence-corrected chi connectivity index (χ0v) is 18.3. The van der Waals surface area contributed by atoms with Gasteiger partial charge in [-0.05, 0) is 26.7 Å². The van der Waals surface area contributed by atoms with Crippen LogP contribution >= 0.6 is 11.3 Å². The van der Waals surface area contributed by atoms with Crippen molar-refractivity contribution in [2.75, 3.05) is 18.5 Å². The maximum Gasteiger partial charge on any atom is 0.273 e. The number of ether oxygens (including phenoxy) is 1. The Labute approximate surface area is 183 Å². The van der Waals surface area contributed by atoms with Crippen LogP contribution in [0.3, 0.4) is 0 Å². The molecule has 31 heavy (non-hydrogen) atoms. The van der Waals surface area contributed by atoms with Crippen molar-refractivity contribution in [3.63, 3.8) is 0 Å². The molecule has 0 unspecified atom stereocenters. The van der Waals surface area contributed by atoms with Crippen molar-refractivity contribution in [1.82, 2.24) is 30.6 Å². The van der Waals surface area contributed by atoms with Crippen LogP contribution in [0.15, 0.2) is 17.8 Å². The van der Waals surface area contributed by atoms with Crippen molar-refractivity contribution in [3.8, 4) is 0 Å². The van der Waals surface area contributed by atoms with Gasteiger partial charge in [0.25, 0.3) is 5.91 Å². The number of fused-ring (bicyclic) bond motifs is 1. The van der Waals surface area contributed by atoms with Crippen LogP contribution < -0.4 is 16.2 Å². The lowest BCUT2D eigenvalue weighted by molar-refractivity contribution is -0.121. The highest BCUT2D eigenvalue weighted by Crippen LogP contribution is 2.28. The lowest BCUT2D eigenvalue weighted by atomic mass is 10.1. The number of nitrogens with zero attached hydrogens (tertiary/aromatic N) is 4. The maximum absolute atomic E-state index is 12.9. The molecule has 0 radical (unpaired) electrons. The zero-order chi connectivity index (χ0) is 21.8. The average molecular weight is 444 g/mol. The summed E-state index contributed by atoms with van der Waals surface area (Å²) in [6, 6.07) is 0.179. The Morgan fingerprint density at radius 2 is 2.06 bits per heavy atom. The molecule has 4 heterocycles. The van der Waals surface area contributed by atoms with Crippen molar-refractivity contribution in [2.24, 2.45) is 0 Å². The second-order valence-corrected chi connectivity index (χ2v) is 8.37. The topological polar surface area (TPSA) is 123 Å². The summed E-state index contributed by atoms with van der Waals surface area (Å²) in [6.45, 7) is 5.89. The Bertz CT molecular complexity index is 1090. The van der Waals surface area contributed by atoms with E-state index < -0.39 is 5.91 Å². The fourth-order valence-electron chi connectivity index (χ4n) is 3.52. The molecule has 1 aliphatic heterocycles. The molecule has 11 heteroatoms. The Balaban J connectivity index is 1.52. The predicted octanol–water partition coefficient (Wildman–Crippen LogP) is 1.81. The van der Waals surface area contributed by atoms with E-state index in [1.165, 1.54) is 17.5 Å². The van der Waals surface area contributed by atoms with Crippen LogP contribution in [0.4, 0.5) is 5.69 Å². The quantitative estimate of drug-likeness (QED) is 0.497. The van der Waals surface area contributed by atoms with E-state index in [0.29, 0.717) is 42.4 Å². The molecule has 1 aliphatic rings. The van der Waals surface area contributed by atoms with Gasteiger partial charge in [0.2, 0.25) is 5.91 Å². The first-order valence-corrected chi connectivity index (χ1v) is 11.1. The molecule has 0 aliphatic carbocycles. The number of aryl methyl sites for hydroxylation is 2. The number of amides is 2. The van der Waals surface area contributed by atoms with Crippen molar-refractivity contribution < 1.29 is 14.3 Å². The maximum atomic E-state index is 12.9. The highest BCUT2D eigenvalue weighted by atomic mass is 32.1. The van der Waals surface area contributed by atoms with Crippen LogP contribution in [0.25, 0.3) is 11.0 Å². The van der Waals surface area contributed by atoms with Gasteiger partial charge >= 0.3 is 0 Å². The van der Waals surface area contributed by atoms with E-state index >= 15 is 0 Å².